The van der Waals surface area contributed by atoms with Crippen molar-refractivity contribution in [2.75, 3.05) is 6.26 Å². The molecule has 8 heteroatoms. The van der Waals surface area contributed by atoms with Crippen molar-refractivity contribution in [2.45, 2.75) is 0 Å². The molecule has 0 aliphatic heterocycles. The van der Waals surface area contributed by atoms with Crippen LogP contribution in [0.1, 0.15) is 0 Å². The summed E-state index contributed by atoms with van der Waals surface area (Å²) in [6.45, 7) is 0. The summed E-state index contributed by atoms with van der Waals surface area (Å²) in [5.41, 5.74) is 4.84. The molecule has 0 rings (SSSR count). The Balaban J connectivity index is 0. The second-order valence-corrected chi connectivity index (χ2v) is 2.29. The van der Waals surface area contributed by atoms with Crippen molar-refractivity contribution < 1.29 is 18.4 Å². The maximum absolute atomic E-state index is 9.01. The van der Waals surface area contributed by atoms with Crippen molar-refractivity contribution in [1.29, 1.82) is 5.41 Å². The van der Waals surface area contributed by atoms with E-state index in [1.165, 1.54) is 11.8 Å². The first-order valence-electron chi connectivity index (χ1n) is 1.85. The van der Waals surface area contributed by atoms with Gasteiger partial charge in [-0.15, -0.1) is 4.33 Å². The van der Waals surface area contributed by atoms with Gasteiger partial charge in [0.05, 0.1) is 0 Å². The van der Waals surface area contributed by atoms with Gasteiger partial charge in [-0.2, -0.15) is 4.21 Å². The van der Waals surface area contributed by atoms with Crippen LogP contribution in [0.4, 0.5) is 0 Å². The summed E-state index contributed by atoms with van der Waals surface area (Å²) in [5.74, 6) is 0. The predicted molar refractivity (Wildman–Crippen MR) is 39.9 cm³/mol. The zero-order chi connectivity index (χ0) is 8.57. The van der Waals surface area contributed by atoms with E-state index in [0.717, 1.165) is 0 Å². The van der Waals surface area contributed by atoms with Gasteiger partial charge < -0.3 is 5.73 Å². The van der Waals surface area contributed by atoms with Gasteiger partial charge in [-0.1, -0.05) is 11.8 Å². The monoisotopic (exact) mass is 188 g/mol. The van der Waals surface area contributed by atoms with E-state index in [-0.39, 0.29) is 5.17 Å². The molecule has 62 valence electrons. The van der Waals surface area contributed by atoms with Crippen LogP contribution in [0.5, 0.6) is 0 Å². The van der Waals surface area contributed by atoms with Crippen molar-refractivity contribution >= 4 is 28.3 Å². The van der Waals surface area contributed by atoms with Crippen LogP contribution in [0.2, 0.25) is 0 Å². The third-order valence-electron chi connectivity index (χ3n) is 0.284. The summed E-state index contributed by atoms with van der Waals surface area (Å²) >= 11 is -1.28. The number of hydrogen-bond acceptors (Lipinski definition) is 5. The van der Waals surface area contributed by atoms with Gasteiger partial charge in [0.1, 0.15) is 0 Å². The highest BCUT2D eigenvalue weighted by Gasteiger charge is 1.79. The van der Waals surface area contributed by atoms with E-state index in [1.807, 2.05) is 0 Å². The Kier molecular flexibility index (Phi) is 11.1. The quantitative estimate of drug-likeness (QED) is 0.149. The standard InChI is InChI=1S/C2H6N2S.H2O4S/c1-5-2(3)4;1-4-5(2)3/h1H3,(H3,3,4);1H,(H,2,3). The van der Waals surface area contributed by atoms with Crippen LogP contribution in [-0.4, -0.2) is 25.4 Å². The second-order valence-electron chi connectivity index (χ2n) is 0.860. The van der Waals surface area contributed by atoms with Crippen LogP contribution < -0.4 is 5.73 Å². The van der Waals surface area contributed by atoms with Crippen molar-refractivity contribution in [3.05, 3.63) is 0 Å². The average Bonchev–Trinajstić information content (AvgIpc) is 1.89. The summed E-state index contributed by atoms with van der Waals surface area (Å²) in [6, 6.07) is 0. The molecule has 0 amide bonds. The maximum atomic E-state index is 9.01. The highest BCUT2D eigenvalue weighted by Crippen LogP contribution is 1.83. The molecule has 0 aliphatic carbocycles. The van der Waals surface area contributed by atoms with Gasteiger partial charge in [0.2, 0.25) is 0 Å². The molecular weight excluding hydrogens is 180 g/mol. The number of amidine groups is 1. The smallest absolute Gasteiger partial charge is 0.330 e. The molecule has 0 fully saturated rings. The lowest BCUT2D eigenvalue weighted by molar-refractivity contribution is -0.131. The third kappa shape index (κ3) is 24.9. The molecule has 0 aliphatic rings. The Morgan fingerprint density at radius 1 is 1.90 bits per heavy atom. The van der Waals surface area contributed by atoms with Gasteiger partial charge in [-0.05, 0) is 6.26 Å². The van der Waals surface area contributed by atoms with Crippen molar-refractivity contribution in [3.8, 4) is 0 Å². The van der Waals surface area contributed by atoms with Gasteiger partial charge >= 0.3 is 11.4 Å². The molecule has 0 aromatic heterocycles. The first-order valence-corrected chi connectivity index (χ1v) is 4.11. The Bertz CT molecular complexity index is 104. The van der Waals surface area contributed by atoms with Crippen LogP contribution in [0.3, 0.4) is 0 Å². The molecule has 0 aromatic carbocycles. The number of nitrogens with one attached hydrogen (secondary N) is 1. The Morgan fingerprint density at radius 2 is 2.10 bits per heavy atom. The van der Waals surface area contributed by atoms with Crippen LogP contribution in [0.25, 0.3) is 0 Å². The first kappa shape index (κ1) is 12.5. The fraction of sp³-hybridized carbons (Fsp3) is 0.500. The highest BCUT2D eigenvalue weighted by atomic mass is 32.2. The fourth-order valence-corrected chi connectivity index (χ4v) is 0. The Labute approximate surface area is 64.7 Å². The first-order chi connectivity index (χ1) is 4.54. The summed E-state index contributed by atoms with van der Waals surface area (Å²) < 4.78 is 19.1. The van der Waals surface area contributed by atoms with Gasteiger partial charge in [-0.25, -0.2) is 5.26 Å². The fourth-order valence-electron chi connectivity index (χ4n) is 0. The van der Waals surface area contributed by atoms with E-state index in [4.69, 9.17) is 25.2 Å². The van der Waals surface area contributed by atoms with E-state index < -0.39 is 11.4 Å². The van der Waals surface area contributed by atoms with Crippen LogP contribution in [0, 0.1) is 5.41 Å². The van der Waals surface area contributed by atoms with E-state index in [2.05, 4.69) is 4.33 Å². The summed E-state index contributed by atoms with van der Waals surface area (Å²) in [7, 11) is 0. The van der Waals surface area contributed by atoms with E-state index in [9.17, 15) is 0 Å². The minimum Gasteiger partial charge on any atom is -0.379 e. The molecule has 0 bridgehead atoms. The summed E-state index contributed by atoms with van der Waals surface area (Å²) in [4.78, 5) is 0. The van der Waals surface area contributed by atoms with Crippen molar-refractivity contribution in [1.82, 2.24) is 0 Å². The maximum Gasteiger partial charge on any atom is 0.330 e. The number of thioether (sulfide) groups is 1. The minimum atomic E-state index is -2.52. The minimum absolute atomic E-state index is 0.171. The lowest BCUT2D eigenvalue weighted by Gasteiger charge is -1.78. The van der Waals surface area contributed by atoms with Gasteiger partial charge in [-0.3, -0.25) is 9.96 Å². The predicted octanol–water partition coefficient (Wildman–Crippen LogP) is -0.144. The van der Waals surface area contributed by atoms with E-state index >= 15 is 0 Å². The number of rotatable bonds is 1. The SMILES string of the molecule is CSC(=N)N.O=S(O)OO. The molecule has 0 saturated heterocycles. The van der Waals surface area contributed by atoms with Crippen LogP contribution in [-0.2, 0) is 15.7 Å². The van der Waals surface area contributed by atoms with Crippen LogP contribution >= 0.6 is 11.8 Å². The molecule has 10 heavy (non-hydrogen) atoms. The molecular formula is C2H8N2O4S2. The molecule has 5 N–H and O–H groups in total. The Hall–Kier alpha value is -0.150. The molecule has 1 unspecified atom stereocenters. The Morgan fingerprint density at radius 3 is 2.10 bits per heavy atom. The highest BCUT2D eigenvalue weighted by molar-refractivity contribution is 8.13. The zero-order valence-corrected chi connectivity index (χ0v) is 6.74. The summed E-state index contributed by atoms with van der Waals surface area (Å²) in [6.07, 6.45) is 1.77. The third-order valence-corrected chi connectivity index (χ3v) is 0.851. The molecule has 0 radical (unpaired) electrons. The normalized spacial score (nSPS) is 11.1. The molecule has 0 heterocycles. The molecule has 0 spiro atoms. The van der Waals surface area contributed by atoms with Crippen molar-refractivity contribution in [2.24, 2.45) is 5.73 Å². The van der Waals surface area contributed by atoms with E-state index in [1.54, 1.807) is 6.26 Å². The average molecular weight is 188 g/mol. The van der Waals surface area contributed by atoms with Gasteiger partial charge in [0.15, 0.2) is 5.17 Å². The summed E-state index contributed by atoms with van der Waals surface area (Å²) in [5, 5.41) is 13.7. The topological polar surface area (TPSA) is 117 Å². The van der Waals surface area contributed by atoms with Crippen molar-refractivity contribution in [3.63, 3.8) is 0 Å². The second kappa shape index (κ2) is 8.85. The molecule has 0 aromatic rings. The number of hydrogen-bond donors (Lipinski definition) is 4. The lowest BCUT2D eigenvalue weighted by atomic mass is 11.4. The molecule has 1 atom stereocenters. The van der Waals surface area contributed by atoms with Crippen LogP contribution in [0.15, 0.2) is 0 Å². The van der Waals surface area contributed by atoms with E-state index in [0.29, 0.717) is 0 Å². The lowest BCUT2D eigenvalue weighted by Crippen LogP contribution is -2.01. The molecule has 6 nitrogen and oxygen atoms in total. The van der Waals surface area contributed by atoms with Gasteiger partial charge in [0, 0.05) is 0 Å². The number of nitrogens with two attached hydrogens (primary N) is 1. The van der Waals surface area contributed by atoms with Gasteiger partial charge in [0.25, 0.3) is 0 Å². The molecule has 0 saturated carbocycles. The largest absolute Gasteiger partial charge is 0.379 e. The zero-order valence-electron chi connectivity index (χ0n) is 5.10.